The summed E-state index contributed by atoms with van der Waals surface area (Å²) in [5.41, 5.74) is 2.58. The molecular formula is C18H15NO4. The fourth-order valence-corrected chi connectivity index (χ4v) is 2.52. The van der Waals surface area contributed by atoms with Gasteiger partial charge in [0.2, 0.25) is 0 Å². The zero-order valence-electron chi connectivity index (χ0n) is 12.6. The molecule has 0 saturated heterocycles. The van der Waals surface area contributed by atoms with Crippen LogP contribution in [0.25, 0.3) is 0 Å². The predicted molar refractivity (Wildman–Crippen MR) is 82.8 cm³/mol. The molecule has 2 aromatic rings. The molecule has 0 unspecified atom stereocenters. The van der Waals surface area contributed by atoms with Crippen molar-refractivity contribution in [3.05, 3.63) is 70.8 Å². The largest absolute Gasteiger partial charge is 0.459 e. The molecule has 0 atom stereocenters. The van der Waals surface area contributed by atoms with Crippen LogP contribution in [0, 0.1) is 6.92 Å². The number of fused-ring (bicyclic) bond motifs is 1. The standard InChI is InChI=1S/C18H15NO4/c1-12-5-4-6-13(9-12)11-23-16(20)10-19-17(21)14-7-2-3-8-15(14)18(19)22/h2-9H,10-11H2,1H3. The van der Waals surface area contributed by atoms with E-state index in [1.807, 2.05) is 31.2 Å². The molecule has 1 heterocycles. The first-order chi connectivity index (χ1) is 11.1. The van der Waals surface area contributed by atoms with Crippen LogP contribution in [0.3, 0.4) is 0 Å². The van der Waals surface area contributed by atoms with Gasteiger partial charge >= 0.3 is 5.97 Å². The van der Waals surface area contributed by atoms with Crippen LogP contribution in [0.5, 0.6) is 0 Å². The summed E-state index contributed by atoms with van der Waals surface area (Å²) in [6, 6.07) is 14.1. The van der Waals surface area contributed by atoms with Gasteiger partial charge in [0.1, 0.15) is 13.2 Å². The molecule has 0 aromatic heterocycles. The van der Waals surface area contributed by atoms with Gasteiger partial charge in [-0.05, 0) is 24.6 Å². The topological polar surface area (TPSA) is 63.7 Å². The maximum Gasteiger partial charge on any atom is 0.326 e. The molecule has 3 rings (SSSR count). The third kappa shape index (κ3) is 2.99. The molecule has 0 spiro atoms. The monoisotopic (exact) mass is 309 g/mol. The van der Waals surface area contributed by atoms with E-state index >= 15 is 0 Å². The Morgan fingerprint density at radius 2 is 1.65 bits per heavy atom. The Morgan fingerprint density at radius 3 is 2.26 bits per heavy atom. The zero-order chi connectivity index (χ0) is 16.4. The quantitative estimate of drug-likeness (QED) is 0.642. The van der Waals surface area contributed by atoms with Gasteiger partial charge in [0, 0.05) is 0 Å². The van der Waals surface area contributed by atoms with Crippen molar-refractivity contribution < 1.29 is 19.1 Å². The van der Waals surface area contributed by atoms with Crippen molar-refractivity contribution in [1.82, 2.24) is 4.90 Å². The molecule has 0 fully saturated rings. The minimum absolute atomic E-state index is 0.115. The van der Waals surface area contributed by atoms with Gasteiger partial charge in [-0.2, -0.15) is 0 Å². The average molecular weight is 309 g/mol. The Labute approximate surface area is 133 Å². The average Bonchev–Trinajstić information content (AvgIpc) is 2.79. The number of carbonyl (C=O) groups excluding carboxylic acids is 3. The zero-order valence-corrected chi connectivity index (χ0v) is 12.6. The first kappa shape index (κ1) is 15.0. The molecule has 0 saturated carbocycles. The fourth-order valence-electron chi connectivity index (χ4n) is 2.52. The number of amides is 2. The smallest absolute Gasteiger partial charge is 0.326 e. The van der Waals surface area contributed by atoms with Crippen LogP contribution in [0.1, 0.15) is 31.8 Å². The molecule has 116 valence electrons. The van der Waals surface area contributed by atoms with Crippen molar-refractivity contribution in [1.29, 1.82) is 0 Å². The van der Waals surface area contributed by atoms with Crippen LogP contribution in [-0.2, 0) is 16.1 Å². The second kappa shape index (κ2) is 6.04. The van der Waals surface area contributed by atoms with Gasteiger partial charge in [-0.25, -0.2) is 0 Å². The lowest BCUT2D eigenvalue weighted by Gasteiger charge is -2.13. The van der Waals surface area contributed by atoms with E-state index in [1.165, 1.54) is 0 Å². The second-order valence-electron chi connectivity index (χ2n) is 5.39. The minimum atomic E-state index is -0.610. The second-order valence-corrected chi connectivity index (χ2v) is 5.39. The summed E-state index contributed by atoms with van der Waals surface area (Å²) in [4.78, 5) is 37.2. The van der Waals surface area contributed by atoms with E-state index < -0.39 is 17.8 Å². The number of ether oxygens (including phenoxy) is 1. The Kier molecular flexibility index (Phi) is 3.93. The molecule has 0 N–H and O–H groups in total. The number of rotatable bonds is 4. The summed E-state index contributed by atoms with van der Waals surface area (Å²) in [7, 11) is 0. The van der Waals surface area contributed by atoms with Crippen LogP contribution < -0.4 is 0 Å². The minimum Gasteiger partial charge on any atom is -0.459 e. The van der Waals surface area contributed by atoms with Crippen molar-refractivity contribution in [3.8, 4) is 0 Å². The number of carbonyl (C=O) groups is 3. The van der Waals surface area contributed by atoms with E-state index in [0.717, 1.165) is 16.0 Å². The van der Waals surface area contributed by atoms with Crippen LogP contribution in [0.2, 0.25) is 0 Å². The van der Waals surface area contributed by atoms with Crippen molar-refractivity contribution in [3.63, 3.8) is 0 Å². The van der Waals surface area contributed by atoms with Crippen molar-refractivity contribution in [2.75, 3.05) is 6.54 Å². The summed E-state index contributed by atoms with van der Waals surface area (Å²) < 4.78 is 5.16. The molecule has 2 aromatic carbocycles. The van der Waals surface area contributed by atoms with E-state index in [9.17, 15) is 14.4 Å². The molecule has 1 aliphatic heterocycles. The molecule has 2 amide bonds. The first-order valence-electron chi connectivity index (χ1n) is 7.22. The summed E-state index contributed by atoms with van der Waals surface area (Å²) in [6.45, 7) is 1.69. The van der Waals surface area contributed by atoms with Gasteiger partial charge in [0.05, 0.1) is 11.1 Å². The lowest BCUT2D eigenvalue weighted by Crippen LogP contribution is -2.35. The van der Waals surface area contributed by atoms with E-state index in [2.05, 4.69) is 0 Å². The molecular weight excluding hydrogens is 294 g/mol. The van der Waals surface area contributed by atoms with Crippen molar-refractivity contribution in [2.24, 2.45) is 0 Å². The van der Waals surface area contributed by atoms with Gasteiger partial charge in [-0.15, -0.1) is 0 Å². The Hall–Kier alpha value is -2.95. The third-order valence-corrected chi connectivity index (χ3v) is 3.65. The number of hydrogen-bond acceptors (Lipinski definition) is 4. The van der Waals surface area contributed by atoms with Crippen molar-refractivity contribution >= 4 is 17.8 Å². The van der Waals surface area contributed by atoms with Crippen LogP contribution in [0.15, 0.2) is 48.5 Å². The van der Waals surface area contributed by atoms with E-state index in [0.29, 0.717) is 11.1 Å². The summed E-state index contributed by atoms with van der Waals surface area (Å²) in [5, 5.41) is 0. The number of nitrogens with zero attached hydrogens (tertiary/aromatic N) is 1. The molecule has 5 heteroatoms. The van der Waals surface area contributed by atoms with Gasteiger partial charge in [0.15, 0.2) is 0 Å². The first-order valence-corrected chi connectivity index (χ1v) is 7.22. The predicted octanol–water partition coefficient (Wildman–Crippen LogP) is 2.33. The number of hydrogen-bond donors (Lipinski definition) is 0. The highest BCUT2D eigenvalue weighted by molar-refractivity contribution is 6.22. The highest BCUT2D eigenvalue weighted by Gasteiger charge is 2.36. The van der Waals surface area contributed by atoms with E-state index in [1.54, 1.807) is 24.3 Å². The van der Waals surface area contributed by atoms with Crippen molar-refractivity contribution in [2.45, 2.75) is 13.5 Å². The lowest BCUT2D eigenvalue weighted by molar-refractivity contribution is -0.145. The molecule has 5 nitrogen and oxygen atoms in total. The number of imide groups is 1. The number of esters is 1. The highest BCUT2D eigenvalue weighted by atomic mass is 16.5. The third-order valence-electron chi connectivity index (χ3n) is 3.65. The summed E-state index contributed by atoms with van der Waals surface area (Å²) >= 11 is 0. The van der Waals surface area contributed by atoms with Gasteiger partial charge in [-0.3, -0.25) is 19.3 Å². The fraction of sp³-hybridized carbons (Fsp3) is 0.167. The number of aryl methyl sites for hydroxylation is 1. The summed E-state index contributed by atoms with van der Waals surface area (Å²) in [6.07, 6.45) is 0. The van der Waals surface area contributed by atoms with Crippen LogP contribution in [0.4, 0.5) is 0 Å². The lowest BCUT2D eigenvalue weighted by atomic mass is 10.1. The molecule has 0 radical (unpaired) electrons. The molecule has 0 bridgehead atoms. The molecule has 0 aliphatic carbocycles. The maximum absolute atomic E-state index is 12.2. The highest BCUT2D eigenvalue weighted by Crippen LogP contribution is 2.22. The summed E-state index contributed by atoms with van der Waals surface area (Å²) in [5.74, 6) is -1.53. The van der Waals surface area contributed by atoms with E-state index in [-0.39, 0.29) is 13.2 Å². The Bertz CT molecular complexity index is 762. The Morgan fingerprint density at radius 1 is 1.00 bits per heavy atom. The van der Waals surface area contributed by atoms with Crippen LogP contribution in [-0.4, -0.2) is 29.2 Å². The van der Waals surface area contributed by atoms with E-state index in [4.69, 9.17) is 4.74 Å². The van der Waals surface area contributed by atoms with Gasteiger partial charge in [0.25, 0.3) is 11.8 Å². The Balaban J connectivity index is 1.63. The SMILES string of the molecule is Cc1cccc(COC(=O)CN2C(=O)c3ccccc3C2=O)c1. The molecule has 23 heavy (non-hydrogen) atoms. The van der Waals surface area contributed by atoms with Crippen LogP contribution >= 0.6 is 0 Å². The molecule has 1 aliphatic rings. The normalized spacial score (nSPS) is 13.2. The van der Waals surface area contributed by atoms with Gasteiger partial charge < -0.3 is 4.74 Å². The van der Waals surface area contributed by atoms with Gasteiger partial charge in [-0.1, -0.05) is 42.0 Å². The number of benzene rings is 2. The maximum atomic E-state index is 12.2.